The summed E-state index contributed by atoms with van der Waals surface area (Å²) in [7, 11) is 0. The summed E-state index contributed by atoms with van der Waals surface area (Å²) in [5.41, 5.74) is -2.10. The third kappa shape index (κ3) is 3.33. The fraction of sp³-hybridized carbons (Fsp3) is 0.214. The van der Waals surface area contributed by atoms with Gasteiger partial charge in [0.2, 0.25) is 0 Å². The maximum absolute atomic E-state index is 13.3. The number of carboxylic acid groups (broad SMARTS) is 1. The number of hydrogen-bond acceptors (Lipinski definition) is 4. The standard InChI is InChI=1S/C14H11F3N2O4/c1-2-23-13(22)10-7-18-19(11(10)14(15,16)17)9-5-3-8(4-6-9)12(20)21/h3-7H,2H2,1H3,(H,20,21). The van der Waals surface area contributed by atoms with Crippen molar-refractivity contribution in [2.45, 2.75) is 13.1 Å². The van der Waals surface area contributed by atoms with Crippen molar-refractivity contribution in [2.24, 2.45) is 0 Å². The van der Waals surface area contributed by atoms with E-state index in [0.29, 0.717) is 4.68 Å². The molecule has 0 fully saturated rings. The predicted molar refractivity (Wildman–Crippen MR) is 71.5 cm³/mol. The Kier molecular flexibility index (Phi) is 4.39. The Hall–Kier alpha value is -2.84. The third-order valence-electron chi connectivity index (χ3n) is 2.89. The van der Waals surface area contributed by atoms with Gasteiger partial charge in [-0.15, -0.1) is 0 Å². The largest absolute Gasteiger partial charge is 0.478 e. The van der Waals surface area contributed by atoms with Crippen LogP contribution in [0.25, 0.3) is 5.69 Å². The molecule has 0 amide bonds. The first-order valence-electron chi connectivity index (χ1n) is 6.41. The number of rotatable bonds is 4. The van der Waals surface area contributed by atoms with Crippen LogP contribution in [0.2, 0.25) is 0 Å². The van der Waals surface area contributed by atoms with Gasteiger partial charge >= 0.3 is 18.1 Å². The normalized spacial score (nSPS) is 11.3. The van der Waals surface area contributed by atoms with E-state index in [-0.39, 0.29) is 17.9 Å². The lowest BCUT2D eigenvalue weighted by atomic mass is 10.2. The summed E-state index contributed by atoms with van der Waals surface area (Å²) < 4.78 is 44.9. The molecule has 0 aliphatic heterocycles. The first-order valence-corrected chi connectivity index (χ1v) is 6.41. The van der Waals surface area contributed by atoms with Crippen LogP contribution in [0.1, 0.15) is 33.3 Å². The molecule has 0 aliphatic carbocycles. The molecule has 0 spiro atoms. The van der Waals surface area contributed by atoms with Crippen molar-refractivity contribution in [1.82, 2.24) is 9.78 Å². The topological polar surface area (TPSA) is 81.4 Å². The lowest BCUT2D eigenvalue weighted by molar-refractivity contribution is -0.143. The summed E-state index contributed by atoms with van der Waals surface area (Å²) in [5, 5.41) is 12.4. The number of nitrogens with zero attached hydrogens (tertiary/aromatic N) is 2. The molecule has 0 bridgehead atoms. The van der Waals surface area contributed by atoms with Gasteiger partial charge in [0.25, 0.3) is 0 Å². The van der Waals surface area contributed by atoms with E-state index in [1.54, 1.807) is 0 Å². The number of aromatic carboxylic acids is 1. The van der Waals surface area contributed by atoms with Crippen LogP contribution in [-0.4, -0.2) is 33.4 Å². The van der Waals surface area contributed by atoms with E-state index < -0.39 is 29.4 Å². The molecule has 9 heteroatoms. The Morgan fingerprint density at radius 1 is 1.26 bits per heavy atom. The molecule has 0 saturated carbocycles. The summed E-state index contributed by atoms with van der Waals surface area (Å²) in [6.45, 7) is 1.40. The van der Waals surface area contributed by atoms with Crippen LogP contribution in [0.15, 0.2) is 30.5 Å². The number of alkyl halides is 3. The number of carbonyl (C=O) groups is 2. The number of hydrogen-bond donors (Lipinski definition) is 1. The highest BCUT2D eigenvalue weighted by Crippen LogP contribution is 2.34. The number of aromatic nitrogens is 2. The van der Waals surface area contributed by atoms with Crippen LogP contribution in [0.5, 0.6) is 0 Å². The van der Waals surface area contributed by atoms with E-state index in [1.165, 1.54) is 19.1 Å². The van der Waals surface area contributed by atoms with E-state index in [1.807, 2.05) is 0 Å². The highest BCUT2D eigenvalue weighted by atomic mass is 19.4. The van der Waals surface area contributed by atoms with Crippen molar-refractivity contribution in [3.8, 4) is 5.69 Å². The molecular weight excluding hydrogens is 317 g/mol. The molecule has 6 nitrogen and oxygen atoms in total. The predicted octanol–water partition coefficient (Wildman–Crippen LogP) is 2.77. The zero-order valence-electron chi connectivity index (χ0n) is 11.8. The molecular formula is C14H11F3N2O4. The van der Waals surface area contributed by atoms with E-state index in [4.69, 9.17) is 5.11 Å². The molecule has 0 aliphatic rings. The van der Waals surface area contributed by atoms with Gasteiger partial charge in [-0.1, -0.05) is 0 Å². The van der Waals surface area contributed by atoms with Gasteiger partial charge in [0.05, 0.1) is 24.1 Å². The summed E-state index contributed by atoms with van der Waals surface area (Å²) >= 11 is 0. The Bertz CT molecular complexity index is 735. The molecule has 122 valence electrons. The second-order valence-corrected chi connectivity index (χ2v) is 4.39. The van der Waals surface area contributed by atoms with Crippen LogP contribution in [0.4, 0.5) is 13.2 Å². The van der Waals surface area contributed by atoms with Crippen molar-refractivity contribution in [3.05, 3.63) is 47.3 Å². The first-order chi connectivity index (χ1) is 10.8. The highest BCUT2D eigenvalue weighted by molar-refractivity contribution is 5.91. The van der Waals surface area contributed by atoms with Crippen molar-refractivity contribution >= 4 is 11.9 Å². The van der Waals surface area contributed by atoms with Crippen molar-refractivity contribution < 1.29 is 32.6 Å². The fourth-order valence-electron chi connectivity index (χ4n) is 1.92. The van der Waals surface area contributed by atoms with Gasteiger partial charge in [-0.2, -0.15) is 18.3 Å². The molecule has 2 rings (SSSR count). The Morgan fingerprint density at radius 3 is 2.35 bits per heavy atom. The van der Waals surface area contributed by atoms with Crippen LogP contribution in [0.3, 0.4) is 0 Å². The second kappa shape index (κ2) is 6.11. The van der Waals surface area contributed by atoms with Gasteiger partial charge in [0.15, 0.2) is 5.69 Å². The van der Waals surface area contributed by atoms with Crippen LogP contribution < -0.4 is 0 Å². The smallest absolute Gasteiger partial charge is 0.434 e. The Morgan fingerprint density at radius 2 is 1.87 bits per heavy atom. The second-order valence-electron chi connectivity index (χ2n) is 4.39. The molecule has 23 heavy (non-hydrogen) atoms. The van der Waals surface area contributed by atoms with Crippen LogP contribution in [0, 0.1) is 0 Å². The molecule has 2 aromatic rings. The molecule has 1 aromatic heterocycles. The highest BCUT2D eigenvalue weighted by Gasteiger charge is 2.41. The van der Waals surface area contributed by atoms with Crippen LogP contribution >= 0.6 is 0 Å². The van der Waals surface area contributed by atoms with Gasteiger partial charge in [-0.25, -0.2) is 14.3 Å². The number of halogens is 3. The molecule has 1 heterocycles. The fourth-order valence-corrected chi connectivity index (χ4v) is 1.92. The van der Waals surface area contributed by atoms with E-state index in [2.05, 4.69) is 9.84 Å². The number of ether oxygens (including phenoxy) is 1. The Labute approximate surface area is 128 Å². The zero-order chi connectivity index (χ0) is 17.2. The minimum absolute atomic E-state index is 0.0297. The van der Waals surface area contributed by atoms with Crippen molar-refractivity contribution in [3.63, 3.8) is 0 Å². The van der Waals surface area contributed by atoms with Gasteiger partial charge < -0.3 is 9.84 Å². The quantitative estimate of drug-likeness (QED) is 0.873. The van der Waals surface area contributed by atoms with Gasteiger partial charge in [0.1, 0.15) is 5.56 Å². The van der Waals surface area contributed by atoms with Gasteiger partial charge in [-0.05, 0) is 31.2 Å². The average Bonchev–Trinajstić information content (AvgIpc) is 2.92. The minimum atomic E-state index is -4.84. The summed E-state index contributed by atoms with van der Waals surface area (Å²) in [6, 6.07) is 4.62. The number of carboxylic acids is 1. The average molecular weight is 328 g/mol. The lowest BCUT2D eigenvalue weighted by Crippen LogP contribution is -2.18. The molecule has 1 N–H and O–H groups in total. The SMILES string of the molecule is CCOC(=O)c1cnn(-c2ccc(C(=O)O)cc2)c1C(F)(F)F. The van der Waals surface area contributed by atoms with Crippen LogP contribution in [-0.2, 0) is 10.9 Å². The van der Waals surface area contributed by atoms with Gasteiger partial charge in [-0.3, -0.25) is 0 Å². The first kappa shape index (κ1) is 16.5. The minimum Gasteiger partial charge on any atom is -0.478 e. The molecule has 0 saturated heterocycles. The number of esters is 1. The molecule has 1 aromatic carbocycles. The van der Waals surface area contributed by atoms with Crippen molar-refractivity contribution in [2.75, 3.05) is 6.61 Å². The summed E-state index contributed by atoms with van der Waals surface area (Å²) in [5.74, 6) is -2.34. The van der Waals surface area contributed by atoms with E-state index >= 15 is 0 Å². The summed E-state index contributed by atoms with van der Waals surface area (Å²) in [4.78, 5) is 22.4. The number of carbonyl (C=O) groups excluding carboxylic acids is 1. The Balaban J connectivity index is 2.54. The zero-order valence-corrected chi connectivity index (χ0v) is 11.8. The molecule has 0 unspecified atom stereocenters. The molecule has 0 atom stereocenters. The maximum Gasteiger partial charge on any atom is 0.434 e. The third-order valence-corrected chi connectivity index (χ3v) is 2.89. The lowest BCUT2D eigenvalue weighted by Gasteiger charge is -2.12. The summed E-state index contributed by atoms with van der Waals surface area (Å²) in [6.07, 6.45) is -4.07. The molecule has 0 radical (unpaired) electrons. The van der Waals surface area contributed by atoms with Crippen molar-refractivity contribution in [1.29, 1.82) is 0 Å². The van der Waals surface area contributed by atoms with E-state index in [0.717, 1.165) is 18.3 Å². The monoisotopic (exact) mass is 328 g/mol. The van der Waals surface area contributed by atoms with E-state index in [9.17, 15) is 22.8 Å². The maximum atomic E-state index is 13.3. The number of benzene rings is 1. The van der Waals surface area contributed by atoms with Gasteiger partial charge in [0, 0.05) is 0 Å².